The summed E-state index contributed by atoms with van der Waals surface area (Å²) in [5.74, 6) is -1.20. The minimum Gasteiger partial charge on any atom is -0.478 e. The van der Waals surface area contributed by atoms with Crippen LogP contribution >= 0.6 is 0 Å². The molecule has 5 nitrogen and oxygen atoms in total. The van der Waals surface area contributed by atoms with Gasteiger partial charge in [-0.05, 0) is 49.4 Å². The third-order valence-electron chi connectivity index (χ3n) is 4.72. The number of benzene rings is 1. The molecule has 0 bridgehead atoms. The highest BCUT2D eigenvalue weighted by molar-refractivity contribution is 5.94. The molecule has 124 valence electrons. The number of pyridine rings is 1. The predicted octanol–water partition coefficient (Wildman–Crippen LogP) is 2.72. The molecule has 0 spiro atoms. The molecule has 1 aromatic heterocycles. The summed E-state index contributed by atoms with van der Waals surface area (Å²) in [6.45, 7) is 1.61. The van der Waals surface area contributed by atoms with Crippen molar-refractivity contribution in [2.75, 3.05) is 7.05 Å². The Morgan fingerprint density at radius 1 is 1.17 bits per heavy atom. The van der Waals surface area contributed by atoms with E-state index in [1.807, 2.05) is 12.1 Å². The number of carboxylic acids is 1. The Hall–Kier alpha value is -2.69. The lowest BCUT2D eigenvalue weighted by Crippen LogP contribution is -2.41. The number of carbonyl (C=O) groups excluding carboxylic acids is 1. The molecule has 1 heterocycles. The second-order valence-corrected chi connectivity index (χ2v) is 6.22. The van der Waals surface area contributed by atoms with Crippen molar-refractivity contribution < 1.29 is 14.7 Å². The summed E-state index contributed by atoms with van der Waals surface area (Å²) >= 11 is 0. The molecule has 1 amide bonds. The van der Waals surface area contributed by atoms with E-state index in [1.54, 1.807) is 18.9 Å². The van der Waals surface area contributed by atoms with Crippen LogP contribution in [0.25, 0.3) is 0 Å². The van der Waals surface area contributed by atoms with Crippen molar-refractivity contribution in [1.82, 2.24) is 9.88 Å². The Bertz CT molecular complexity index is 801. The van der Waals surface area contributed by atoms with Gasteiger partial charge in [-0.25, -0.2) is 9.78 Å². The van der Waals surface area contributed by atoms with Gasteiger partial charge in [0, 0.05) is 13.1 Å². The van der Waals surface area contributed by atoms with Gasteiger partial charge in [0.15, 0.2) is 0 Å². The van der Waals surface area contributed by atoms with Crippen LogP contribution in [0.4, 0.5) is 0 Å². The van der Waals surface area contributed by atoms with Crippen molar-refractivity contribution in [3.63, 3.8) is 0 Å². The van der Waals surface area contributed by atoms with E-state index < -0.39 is 5.97 Å². The quantitative estimate of drug-likeness (QED) is 0.942. The average molecular weight is 324 g/mol. The van der Waals surface area contributed by atoms with Crippen molar-refractivity contribution in [3.8, 4) is 0 Å². The fourth-order valence-electron chi connectivity index (χ4n) is 3.26. The van der Waals surface area contributed by atoms with Gasteiger partial charge in [-0.2, -0.15) is 0 Å². The molecule has 1 N–H and O–H groups in total. The van der Waals surface area contributed by atoms with Crippen LogP contribution in [0.1, 0.15) is 44.1 Å². The molecule has 1 aliphatic rings. The smallest absolute Gasteiger partial charge is 0.337 e. The summed E-state index contributed by atoms with van der Waals surface area (Å²) in [5.41, 5.74) is 3.42. The van der Waals surface area contributed by atoms with E-state index in [0.717, 1.165) is 19.3 Å². The highest BCUT2D eigenvalue weighted by atomic mass is 16.4. The third-order valence-corrected chi connectivity index (χ3v) is 4.72. The van der Waals surface area contributed by atoms with Crippen molar-refractivity contribution in [1.29, 1.82) is 0 Å². The number of carboxylic acid groups (broad SMARTS) is 1. The Labute approximate surface area is 140 Å². The molecule has 1 aromatic carbocycles. The summed E-state index contributed by atoms with van der Waals surface area (Å²) in [6, 6.07) is 11.4. The second kappa shape index (κ2) is 6.43. The van der Waals surface area contributed by atoms with Gasteiger partial charge in [0.2, 0.25) is 0 Å². The van der Waals surface area contributed by atoms with Crippen LogP contribution < -0.4 is 0 Å². The van der Waals surface area contributed by atoms with Crippen LogP contribution in [0.3, 0.4) is 0 Å². The first-order valence-corrected chi connectivity index (χ1v) is 8.02. The molecule has 2 aromatic rings. The zero-order chi connectivity index (χ0) is 17.3. The molecule has 0 saturated carbocycles. The van der Waals surface area contributed by atoms with Crippen molar-refractivity contribution in [3.05, 3.63) is 64.5 Å². The Morgan fingerprint density at radius 2 is 1.88 bits per heavy atom. The standard InChI is InChI=1S/C19H20N2O3/c1-12-16(19(23)24)9-10-17(20-12)18(22)21(2)15-8-7-13-5-3-4-6-14(13)11-15/h3-6,9-10,15H,7-8,11H2,1-2H3,(H,23,24)/t15-/m1/s1. The SMILES string of the molecule is Cc1nc(C(=O)N(C)[C@@H]2CCc3ccccc3C2)ccc1C(=O)O. The lowest BCUT2D eigenvalue weighted by Gasteiger charge is -2.32. The lowest BCUT2D eigenvalue weighted by atomic mass is 9.87. The maximum absolute atomic E-state index is 12.7. The summed E-state index contributed by atoms with van der Waals surface area (Å²) in [4.78, 5) is 29.7. The van der Waals surface area contributed by atoms with E-state index in [4.69, 9.17) is 5.11 Å². The van der Waals surface area contributed by atoms with Crippen LogP contribution in [-0.4, -0.2) is 40.0 Å². The molecular formula is C19H20N2O3. The molecule has 5 heteroatoms. The van der Waals surface area contributed by atoms with E-state index in [2.05, 4.69) is 17.1 Å². The number of nitrogens with zero attached hydrogens (tertiary/aromatic N) is 2. The first-order chi connectivity index (χ1) is 11.5. The maximum atomic E-state index is 12.7. The Morgan fingerprint density at radius 3 is 2.54 bits per heavy atom. The third kappa shape index (κ3) is 3.02. The molecule has 0 fully saturated rings. The fourth-order valence-corrected chi connectivity index (χ4v) is 3.26. The Kier molecular flexibility index (Phi) is 4.34. The van der Waals surface area contributed by atoms with E-state index in [9.17, 15) is 9.59 Å². The normalized spacial score (nSPS) is 16.3. The number of aryl methyl sites for hydroxylation is 2. The number of aromatic carboxylic acids is 1. The predicted molar refractivity (Wildman–Crippen MR) is 90.3 cm³/mol. The van der Waals surface area contributed by atoms with Crippen LogP contribution in [0.5, 0.6) is 0 Å². The lowest BCUT2D eigenvalue weighted by molar-refractivity contribution is 0.0686. The minimum atomic E-state index is -1.03. The number of hydrogen-bond acceptors (Lipinski definition) is 3. The van der Waals surface area contributed by atoms with Gasteiger partial charge in [-0.3, -0.25) is 4.79 Å². The van der Waals surface area contributed by atoms with Gasteiger partial charge in [0.1, 0.15) is 5.69 Å². The number of likely N-dealkylation sites (N-methyl/N-ethyl adjacent to an activating group) is 1. The molecule has 1 aliphatic carbocycles. The van der Waals surface area contributed by atoms with Gasteiger partial charge >= 0.3 is 5.97 Å². The number of carbonyl (C=O) groups is 2. The van der Waals surface area contributed by atoms with Crippen LogP contribution in [-0.2, 0) is 12.8 Å². The fraction of sp³-hybridized carbons (Fsp3) is 0.316. The molecule has 0 aliphatic heterocycles. The molecule has 1 atom stereocenters. The van der Waals surface area contributed by atoms with Crippen LogP contribution in [0.15, 0.2) is 36.4 Å². The van der Waals surface area contributed by atoms with E-state index in [0.29, 0.717) is 11.4 Å². The molecule has 0 radical (unpaired) electrons. The first kappa shape index (κ1) is 16.2. The molecule has 3 rings (SSSR count). The molecule has 24 heavy (non-hydrogen) atoms. The number of rotatable bonds is 3. The van der Waals surface area contributed by atoms with Gasteiger partial charge in [0.25, 0.3) is 5.91 Å². The highest BCUT2D eigenvalue weighted by Gasteiger charge is 2.26. The zero-order valence-electron chi connectivity index (χ0n) is 13.8. The minimum absolute atomic E-state index is 0.126. The summed E-state index contributed by atoms with van der Waals surface area (Å²) in [5, 5.41) is 9.07. The van der Waals surface area contributed by atoms with E-state index in [-0.39, 0.29) is 17.5 Å². The number of fused-ring (bicyclic) bond motifs is 1. The van der Waals surface area contributed by atoms with Crippen LogP contribution in [0.2, 0.25) is 0 Å². The average Bonchev–Trinajstić information content (AvgIpc) is 2.59. The van der Waals surface area contributed by atoms with Crippen molar-refractivity contribution in [2.45, 2.75) is 32.2 Å². The molecule has 0 unspecified atom stereocenters. The van der Waals surface area contributed by atoms with E-state index >= 15 is 0 Å². The number of aromatic nitrogens is 1. The number of hydrogen-bond donors (Lipinski definition) is 1. The highest BCUT2D eigenvalue weighted by Crippen LogP contribution is 2.24. The van der Waals surface area contributed by atoms with Crippen molar-refractivity contribution >= 4 is 11.9 Å². The second-order valence-electron chi connectivity index (χ2n) is 6.22. The largest absolute Gasteiger partial charge is 0.478 e. The van der Waals surface area contributed by atoms with E-state index in [1.165, 1.54) is 23.3 Å². The first-order valence-electron chi connectivity index (χ1n) is 8.02. The van der Waals surface area contributed by atoms with Crippen molar-refractivity contribution in [2.24, 2.45) is 0 Å². The molecule has 0 saturated heterocycles. The summed E-state index contributed by atoms with van der Waals surface area (Å²) in [7, 11) is 1.79. The number of amides is 1. The zero-order valence-corrected chi connectivity index (χ0v) is 13.8. The van der Waals surface area contributed by atoms with Gasteiger partial charge in [-0.1, -0.05) is 24.3 Å². The monoisotopic (exact) mass is 324 g/mol. The summed E-state index contributed by atoms with van der Waals surface area (Å²) < 4.78 is 0. The van der Waals surface area contributed by atoms with Gasteiger partial charge in [0.05, 0.1) is 11.3 Å². The molecular weight excluding hydrogens is 304 g/mol. The summed E-state index contributed by atoms with van der Waals surface area (Å²) in [6.07, 6.45) is 2.72. The van der Waals surface area contributed by atoms with Gasteiger partial charge in [-0.15, -0.1) is 0 Å². The topological polar surface area (TPSA) is 70.5 Å². The van der Waals surface area contributed by atoms with Gasteiger partial charge < -0.3 is 10.0 Å². The Balaban J connectivity index is 1.78. The van der Waals surface area contributed by atoms with Crippen LogP contribution in [0, 0.1) is 6.92 Å². The maximum Gasteiger partial charge on any atom is 0.337 e.